The van der Waals surface area contributed by atoms with E-state index in [0.29, 0.717) is 24.6 Å². The zero-order valence-corrected chi connectivity index (χ0v) is 18.7. The Hall–Kier alpha value is -2.72. The number of rotatable bonds is 5. The van der Waals surface area contributed by atoms with E-state index in [2.05, 4.69) is 48.1 Å². The van der Waals surface area contributed by atoms with E-state index >= 15 is 0 Å². The quantitative estimate of drug-likeness (QED) is 0.496. The number of aromatic nitrogens is 2. The predicted molar refractivity (Wildman–Crippen MR) is 127 cm³/mol. The van der Waals surface area contributed by atoms with Gasteiger partial charge in [0.25, 0.3) is 5.91 Å². The molecular weight excluding hydrogens is 493 g/mol. The zero-order chi connectivity index (χ0) is 20.9. The number of anilines is 4. The molecule has 1 saturated heterocycles. The van der Waals surface area contributed by atoms with Crippen molar-refractivity contribution < 1.29 is 9.53 Å². The Morgan fingerprint density at radius 3 is 2.37 bits per heavy atom. The molecular formula is C22H22IN5O2. The van der Waals surface area contributed by atoms with Crippen LogP contribution in [0, 0.1) is 10.5 Å². The molecule has 0 atom stereocenters. The molecule has 2 heterocycles. The highest BCUT2D eigenvalue weighted by atomic mass is 127. The van der Waals surface area contributed by atoms with Crippen LogP contribution in [0.3, 0.4) is 0 Å². The zero-order valence-electron chi connectivity index (χ0n) is 16.6. The highest BCUT2D eigenvalue weighted by Crippen LogP contribution is 2.22. The SMILES string of the molecule is Cc1nc(Nc2ccc(NC(=O)c3ccc(I)cc3)cc2)cc(N2CCOCC2)n1. The normalized spacial score (nSPS) is 13.7. The van der Waals surface area contributed by atoms with E-state index in [1.54, 1.807) is 0 Å². The molecule has 3 aromatic rings. The molecule has 0 unspecified atom stereocenters. The molecule has 154 valence electrons. The number of halogens is 1. The van der Waals surface area contributed by atoms with Crippen molar-refractivity contribution in [1.29, 1.82) is 0 Å². The minimum Gasteiger partial charge on any atom is -0.378 e. The molecule has 1 aliphatic rings. The molecule has 4 rings (SSSR count). The molecule has 1 aliphatic heterocycles. The Morgan fingerprint density at radius 2 is 1.67 bits per heavy atom. The van der Waals surface area contributed by atoms with Crippen LogP contribution in [0.5, 0.6) is 0 Å². The maximum atomic E-state index is 12.4. The van der Waals surface area contributed by atoms with Crippen LogP contribution in [0.2, 0.25) is 0 Å². The fourth-order valence-electron chi connectivity index (χ4n) is 3.16. The molecule has 7 nitrogen and oxygen atoms in total. The number of carbonyl (C=O) groups excluding carboxylic acids is 1. The number of carbonyl (C=O) groups is 1. The van der Waals surface area contributed by atoms with Crippen molar-refractivity contribution in [1.82, 2.24) is 9.97 Å². The fraction of sp³-hybridized carbons (Fsp3) is 0.227. The molecule has 30 heavy (non-hydrogen) atoms. The standard InChI is InChI=1S/C22H22IN5O2/c1-15-24-20(14-21(25-15)28-10-12-30-13-11-28)26-18-6-8-19(9-7-18)27-22(29)16-2-4-17(23)5-3-16/h2-9,14H,10-13H2,1H3,(H,27,29)(H,24,25,26). The first kappa shape index (κ1) is 20.5. The molecule has 0 spiro atoms. The molecule has 1 aromatic heterocycles. The highest BCUT2D eigenvalue weighted by molar-refractivity contribution is 14.1. The first-order chi connectivity index (χ1) is 14.6. The van der Waals surface area contributed by atoms with Gasteiger partial charge in [0, 0.05) is 39.7 Å². The summed E-state index contributed by atoms with van der Waals surface area (Å²) in [7, 11) is 0. The van der Waals surface area contributed by atoms with E-state index < -0.39 is 0 Å². The van der Waals surface area contributed by atoms with Crippen LogP contribution < -0.4 is 15.5 Å². The van der Waals surface area contributed by atoms with Crippen LogP contribution in [0.1, 0.15) is 16.2 Å². The number of nitrogens with zero attached hydrogens (tertiary/aromatic N) is 3. The van der Waals surface area contributed by atoms with Gasteiger partial charge in [-0.1, -0.05) is 0 Å². The number of ether oxygens (including phenoxy) is 1. The summed E-state index contributed by atoms with van der Waals surface area (Å²) in [6, 6.07) is 17.0. The second kappa shape index (κ2) is 9.40. The summed E-state index contributed by atoms with van der Waals surface area (Å²) in [5.74, 6) is 2.21. The summed E-state index contributed by atoms with van der Waals surface area (Å²) in [6.07, 6.45) is 0. The average molecular weight is 515 g/mol. The van der Waals surface area contributed by atoms with E-state index in [9.17, 15) is 4.79 Å². The molecule has 0 radical (unpaired) electrons. The van der Waals surface area contributed by atoms with Gasteiger partial charge in [-0.25, -0.2) is 9.97 Å². The Balaban J connectivity index is 1.42. The van der Waals surface area contributed by atoms with Crippen LogP contribution in [-0.4, -0.2) is 42.2 Å². The van der Waals surface area contributed by atoms with Crippen LogP contribution >= 0.6 is 22.6 Å². The molecule has 2 N–H and O–H groups in total. The minimum atomic E-state index is -0.131. The Morgan fingerprint density at radius 1 is 1.00 bits per heavy atom. The monoisotopic (exact) mass is 515 g/mol. The molecule has 2 aromatic carbocycles. The van der Waals surface area contributed by atoms with Gasteiger partial charge < -0.3 is 20.3 Å². The van der Waals surface area contributed by atoms with Crippen molar-refractivity contribution in [3.63, 3.8) is 0 Å². The summed E-state index contributed by atoms with van der Waals surface area (Å²) < 4.78 is 6.51. The summed E-state index contributed by atoms with van der Waals surface area (Å²) in [5, 5.41) is 6.24. The number of amides is 1. The predicted octanol–water partition coefficient (Wildman–Crippen LogP) is 4.22. The third kappa shape index (κ3) is 5.25. The highest BCUT2D eigenvalue weighted by Gasteiger charge is 2.14. The topological polar surface area (TPSA) is 79.4 Å². The number of nitrogens with one attached hydrogen (secondary N) is 2. The van der Waals surface area contributed by atoms with Gasteiger partial charge in [-0.2, -0.15) is 0 Å². The second-order valence-electron chi connectivity index (χ2n) is 6.92. The van der Waals surface area contributed by atoms with Gasteiger partial charge in [-0.05, 0) is 78.0 Å². The Labute approximate surface area is 189 Å². The molecule has 0 bridgehead atoms. The van der Waals surface area contributed by atoms with Gasteiger partial charge in [-0.15, -0.1) is 0 Å². The number of hydrogen-bond donors (Lipinski definition) is 2. The van der Waals surface area contributed by atoms with Gasteiger partial charge >= 0.3 is 0 Å². The van der Waals surface area contributed by atoms with Crippen LogP contribution in [0.15, 0.2) is 54.6 Å². The molecule has 8 heteroatoms. The Bertz CT molecular complexity index is 1020. The van der Waals surface area contributed by atoms with Crippen molar-refractivity contribution in [2.75, 3.05) is 41.8 Å². The lowest BCUT2D eigenvalue weighted by Crippen LogP contribution is -2.36. The van der Waals surface area contributed by atoms with Crippen molar-refractivity contribution in [3.05, 3.63) is 69.6 Å². The lowest BCUT2D eigenvalue weighted by molar-refractivity contribution is 0.102. The van der Waals surface area contributed by atoms with Gasteiger partial charge in [0.2, 0.25) is 0 Å². The van der Waals surface area contributed by atoms with E-state index in [1.807, 2.05) is 61.5 Å². The summed E-state index contributed by atoms with van der Waals surface area (Å²) in [6.45, 7) is 4.95. The van der Waals surface area contributed by atoms with E-state index in [4.69, 9.17) is 4.74 Å². The second-order valence-corrected chi connectivity index (χ2v) is 8.17. The van der Waals surface area contributed by atoms with Crippen molar-refractivity contribution in [2.45, 2.75) is 6.92 Å². The van der Waals surface area contributed by atoms with Gasteiger partial charge in [0.1, 0.15) is 17.5 Å². The lowest BCUT2D eigenvalue weighted by Gasteiger charge is -2.28. The maximum absolute atomic E-state index is 12.4. The Kier molecular flexibility index (Phi) is 6.44. The number of morpholine rings is 1. The number of benzene rings is 2. The van der Waals surface area contributed by atoms with Crippen LogP contribution in [-0.2, 0) is 4.74 Å². The van der Waals surface area contributed by atoms with Crippen molar-refractivity contribution in [2.24, 2.45) is 0 Å². The van der Waals surface area contributed by atoms with Gasteiger partial charge in [-0.3, -0.25) is 4.79 Å². The van der Waals surface area contributed by atoms with E-state index in [-0.39, 0.29) is 5.91 Å². The maximum Gasteiger partial charge on any atom is 0.255 e. The first-order valence-electron chi connectivity index (χ1n) is 9.69. The molecule has 0 aliphatic carbocycles. The first-order valence-corrected chi connectivity index (χ1v) is 10.8. The molecule has 0 saturated carbocycles. The largest absolute Gasteiger partial charge is 0.378 e. The van der Waals surface area contributed by atoms with Gasteiger partial charge in [0.05, 0.1) is 13.2 Å². The van der Waals surface area contributed by atoms with Crippen molar-refractivity contribution >= 4 is 51.5 Å². The third-order valence-corrected chi connectivity index (χ3v) is 5.40. The number of aryl methyl sites for hydroxylation is 1. The van der Waals surface area contributed by atoms with Crippen LogP contribution in [0.4, 0.5) is 23.0 Å². The smallest absolute Gasteiger partial charge is 0.255 e. The number of hydrogen-bond acceptors (Lipinski definition) is 6. The summed E-state index contributed by atoms with van der Waals surface area (Å²) in [5.41, 5.74) is 2.25. The summed E-state index contributed by atoms with van der Waals surface area (Å²) in [4.78, 5) is 23.6. The molecule has 1 amide bonds. The van der Waals surface area contributed by atoms with Crippen LogP contribution in [0.25, 0.3) is 0 Å². The lowest BCUT2D eigenvalue weighted by atomic mass is 10.2. The minimum absolute atomic E-state index is 0.131. The summed E-state index contributed by atoms with van der Waals surface area (Å²) >= 11 is 2.22. The average Bonchev–Trinajstić information content (AvgIpc) is 2.76. The van der Waals surface area contributed by atoms with Gasteiger partial charge in [0.15, 0.2) is 0 Å². The third-order valence-electron chi connectivity index (χ3n) is 4.68. The van der Waals surface area contributed by atoms with Crippen molar-refractivity contribution in [3.8, 4) is 0 Å². The fourth-order valence-corrected chi connectivity index (χ4v) is 3.52. The molecule has 1 fully saturated rings. The van der Waals surface area contributed by atoms with E-state index in [0.717, 1.165) is 39.7 Å². The van der Waals surface area contributed by atoms with E-state index in [1.165, 1.54) is 0 Å².